The summed E-state index contributed by atoms with van der Waals surface area (Å²) in [7, 11) is 1.97. The normalized spacial score (nSPS) is 32.6. The molecule has 1 fully saturated rings. The summed E-state index contributed by atoms with van der Waals surface area (Å²) >= 11 is 3.49. The van der Waals surface area contributed by atoms with Crippen LogP contribution >= 0.6 is 15.9 Å². The van der Waals surface area contributed by atoms with E-state index in [1.54, 1.807) is 0 Å². The molecule has 1 aromatic rings. The molecule has 0 amide bonds. The van der Waals surface area contributed by atoms with E-state index in [1.807, 2.05) is 11.9 Å². The monoisotopic (exact) mass is 358 g/mol. The molecule has 0 aromatic heterocycles. The topological polar surface area (TPSA) is 32.7 Å². The molecule has 2 bridgehead atoms. The number of ketones is 1. The number of hydrogen-bond donors (Lipinski definition) is 0. The molecule has 3 nitrogen and oxygen atoms in total. The third-order valence-electron chi connectivity index (χ3n) is 5.30. The maximum Gasteiger partial charge on any atom is 0.201 e. The van der Waals surface area contributed by atoms with Crippen LogP contribution in [0.3, 0.4) is 0 Å². The van der Waals surface area contributed by atoms with E-state index in [9.17, 15) is 4.79 Å². The van der Waals surface area contributed by atoms with E-state index in [2.05, 4.69) is 57.3 Å². The van der Waals surface area contributed by atoms with Gasteiger partial charge >= 0.3 is 0 Å². The maximum absolute atomic E-state index is 13.1. The van der Waals surface area contributed by atoms with Gasteiger partial charge in [-0.2, -0.15) is 0 Å². The van der Waals surface area contributed by atoms with Crippen molar-refractivity contribution in [3.8, 4) is 0 Å². The molecule has 1 heterocycles. The van der Waals surface area contributed by atoms with Crippen LogP contribution in [0.2, 0.25) is 0 Å². The Hall–Kier alpha value is -1.42. The van der Waals surface area contributed by atoms with Crippen molar-refractivity contribution in [3.63, 3.8) is 0 Å². The maximum atomic E-state index is 13.1. The lowest BCUT2D eigenvalue weighted by Gasteiger charge is -2.28. The van der Waals surface area contributed by atoms with Crippen LogP contribution in [0.4, 0.5) is 0 Å². The molecule has 1 aromatic carbocycles. The number of hydrogen-bond acceptors (Lipinski definition) is 3. The van der Waals surface area contributed by atoms with Crippen LogP contribution in [0.5, 0.6) is 0 Å². The fourth-order valence-corrected chi connectivity index (χ4v) is 4.53. The summed E-state index contributed by atoms with van der Waals surface area (Å²) in [6.45, 7) is 1.61. The number of halogens is 1. The average Bonchev–Trinajstić information content (AvgIpc) is 3.22. The predicted molar refractivity (Wildman–Crippen MR) is 91.0 cm³/mol. The van der Waals surface area contributed by atoms with Crippen LogP contribution in [-0.4, -0.2) is 36.7 Å². The first-order chi connectivity index (χ1) is 10.6. The lowest BCUT2D eigenvalue weighted by atomic mass is 9.76. The SMILES string of the molecule is CN1CCN=C1C(=O)C1C2C=CC(C2)C1c1ccc(Br)cc1. The fourth-order valence-electron chi connectivity index (χ4n) is 4.27. The van der Waals surface area contributed by atoms with E-state index < -0.39 is 0 Å². The number of rotatable bonds is 3. The van der Waals surface area contributed by atoms with Crippen molar-refractivity contribution in [1.82, 2.24) is 4.90 Å². The third kappa shape index (κ3) is 2.16. The molecule has 114 valence electrons. The van der Waals surface area contributed by atoms with Gasteiger partial charge in [-0.25, -0.2) is 0 Å². The van der Waals surface area contributed by atoms with E-state index in [-0.39, 0.29) is 11.7 Å². The number of carbonyl (C=O) groups excluding carboxylic acids is 1. The van der Waals surface area contributed by atoms with Crippen molar-refractivity contribution in [2.75, 3.05) is 20.1 Å². The summed E-state index contributed by atoms with van der Waals surface area (Å²) in [4.78, 5) is 19.5. The number of carbonyl (C=O) groups is 1. The number of nitrogens with zero attached hydrogens (tertiary/aromatic N) is 2. The summed E-state index contributed by atoms with van der Waals surface area (Å²) in [6, 6.07) is 8.46. The Labute approximate surface area is 139 Å². The molecule has 0 radical (unpaired) electrons. The van der Waals surface area contributed by atoms with Gasteiger partial charge in [0, 0.05) is 29.9 Å². The Kier molecular flexibility index (Phi) is 3.44. The Balaban J connectivity index is 1.69. The number of benzene rings is 1. The van der Waals surface area contributed by atoms with Gasteiger partial charge in [0.25, 0.3) is 0 Å². The molecule has 1 saturated carbocycles. The lowest BCUT2D eigenvalue weighted by Crippen LogP contribution is -2.38. The minimum Gasteiger partial charge on any atom is -0.355 e. The number of allylic oxidation sites excluding steroid dienone is 2. The molecule has 0 N–H and O–H groups in total. The van der Waals surface area contributed by atoms with Gasteiger partial charge < -0.3 is 4.90 Å². The molecule has 0 saturated heterocycles. The standard InChI is InChI=1S/C18H19BrN2O/c1-21-9-8-20-18(21)17(22)16-13-3-2-12(10-13)15(16)11-4-6-14(19)7-5-11/h2-7,12-13,15-16H,8-10H2,1H3. The molecule has 4 atom stereocenters. The number of likely N-dealkylation sites (N-methyl/N-ethyl adjacent to an activating group) is 1. The van der Waals surface area contributed by atoms with Gasteiger partial charge in [-0.15, -0.1) is 0 Å². The second-order valence-electron chi connectivity index (χ2n) is 6.54. The highest BCUT2D eigenvalue weighted by Gasteiger charge is 2.50. The number of fused-ring (bicyclic) bond motifs is 2. The van der Waals surface area contributed by atoms with Crippen LogP contribution < -0.4 is 0 Å². The molecular formula is C18H19BrN2O. The summed E-state index contributed by atoms with van der Waals surface area (Å²) in [5.74, 6) is 2.15. The molecule has 4 unspecified atom stereocenters. The van der Waals surface area contributed by atoms with E-state index in [4.69, 9.17) is 0 Å². The van der Waals surface area contributed by atoms with Gasteiger partial charge in [-0.05, 0) is 36.0 Å². The van der Waals surface area contributed by atoms with Crippen molar-refractivity contribution in [2.45, 2.75) is 12.3 Å². The average molecular weight is 359 g/mol. The highest BCUT2D eigenvalue weighted by molar-refractivity contribution is 9.10. The van der Waals surface area contributed by atoms with Crippen LogP contribution in [0.15, 0.2) is 45.9 Å². The molecule has 0 spiro atoms. The molecule has 4 heteroatoms. The largest absolute Gasteiger partial charge is 0.355 e. The second kappa shape index (κ2) is 5.34. The van der Waals surface area contributed by atoms with Gasteiger partial charge in [0.1, 0.15) is 0 Å². The number of Topliss-reactive ketones (excluding diaryl/α,β-unsaturated/α-hetero) is 1. The summed E-state index contributed by atoms with van der Waals surface area (Å²) in [6.07, 6.45) is 5.66. The molecule has 1 aliphatic heterocycles. The van der Waals surface area contributed by atoms with E-state index in [0.29, 0.717) is 23.6 Å². The first kappa shape index (κ1) is 14.2. The zero-order valence-electron chi connectivity index (χ0n) is 12.6. The van der Waals surface area contributed by atoms with Gasteiger partial charge in [0.05, 0.1) is 6.54 Å². The minimum atomic E-state index is 0.0514. The van der Waals surface area contributed by atoms with Crippen molar-refractivity contribution in [1.29, 1.82) is 0 Å². The second-order valence-corrected chi connectivity index (χ2v) is 7.46. The zero-order valence-corrected chi connectivity index (χ0v) is 14.2. The van der Waals surface area contributed by atoms with E-state index in [1.165, 1.54) is 5.56 Å². The van der Waals surface area contributed by atoms with Crippen molar-refractivity contribution < 1.29 is 4.79 Å². The van der Waals surface area contributed by atoms with Gasteiger partial charge in [-0.3, -0.25) is 9.79 Å². The molecule has 2 aliphatic carbocycles. The van der Waals surface area contributed by atoms with E-state index in [0.717, 1.165) is 24.0 Å². The predicted octanol–water partition coefficient (Wildman–Crippen LogP) is 3.27. The molecule has 3 aliphatic rings. The van der Waals surface area contributed by atoms with Gasteiger partial charge in [-0.1, -0.05) is 40.2 Å². The Morgan fingerprint density at radius 3 is 2.64 bits per heavy atom. The van der Waals surface area contributed by atoms with Crippen molar-refractivity contribution >= 4 is 27.5 Å². The summed E-state index contributed by atoms with van der Waals surface area (Å²) < 4.78 is 1.08. The van der Waals surface area contributed by atoms with Gasteiger partial charge in [0.2, 0.25) is 5.78 Å². The smallest absolute Gasteiger partial charge is 0.201 e. The third-order valence-corrected chi connectivity index (χ3v) is 5.82. The highest BCUT2D eigenvalue weighted by Crippen LogP contribution is 2.53. The van der Waals surface area contributed by atoms with Crippen LogP contribution in [-0.2, 0) is 4.79 Å². The highest BCUT2D eigenvalue weighted by atomic mass is 79.9. The van der Waals surface area contributed by atoms with E-state index >= 15 is 0 Å². The number of amidine groups is 1. The van der Waals surface area contributed by atoms with Crippen LogP contribution in [0.1, 0.15) is 17.9 Å². The lowest BCUT2D eigenvalue weighted by molar-refractivity contribution is -0.118. The Morgan fingerprint density at radius 1 is 1.23 bits per heavy atom. The zero-order chi connectivity index (χ0) is 15.3. The first-order valence-corrected chi connectivity index (χ1v) is 8.68. The van der Waals surface area contributed by atoms with Crippen molar-refractivity contribution in [2.24, 2.45) is 22.7 Å². The molecule has 4 rings (SSSR count). The molecule has 22 heavy (non-hydrogen) atoms. The quantitative estimate of drug-likeness (QED) is 0.776. The summed E-state index contributed by atoms with van der Waals surface area (Å²) in [5, 5.41) is 0. The fraction of sp³-hybridized carbons (Fsp3) is 0.444. The van der Waals surface area contributed by atoms with Crippen molar-refractivity contribution in [3.05, 3.63) is 46.5 Å². The van der Waals surface area contributed by atoms with Crippen LogP contribution in [0, 0.1) is 17.8 Å². The van der Waals surface area contributed by atoms with Crippen LogP contribution in [0.25, 0.3) is 0 Å². The number of aliphatic imine (C=N–C) groups is 1. The summed E-state index contributed by atoms with van der Waals surface area (Å²) in [5.41, 5.74) is 1.28. The van der Waals surface area contributed by atoms with Gasteiger partial charge in [0.15, 0.2) is 5.84 Å². The minimum absolute atomic E-state index is 0.0514. The molecular weight excluding hydrogens is 340 g/mol. The first-order valence-electron chi connectivity index (χ1n) is 7.89. The Morgan fingerprint density at radius 2 is 1.95 bits per heavy atom. The Bertz CT molecular complexity index is 664.